The van der Waals surface area contributed by atoms with Crippen LogP contribution in [-0.4, -0.2) is 26.8 Å². The second kappa shape index (κ2) is 5.86. The molecular weight excluding hydrogens is 269 g/mol. The Balaban J connectivity index is 3.10. The van der Waals surface area contributed by atoms with Crippen LogP contribution in [0.1, 0.15) is 40.0 Å². The first-order valence-electron chi connectivity index (χ1n) is 6.61. The lowest BCUT2D eigenvalue weighted by molar-refractivity contribution is -0.0193. The Bertz CT molecular complexity index is 333. The van der Waals surface area contributed by atoms with Gasteiger partial charge in [-0.2, -0.15) is 0 Å². The van der Waals surface area contributed by atoms with E-state index in [9.17, 15) is 14.9 Å². The Morgan fingerprint density at radius 3 is 2.33 bits per heavy atom. The highest BCUT2D eigenvalue weighted by Crippen LogP contribution is 2.58. The maximum absolute atomic E-state index is 10.6. The normalized spacial score (nSPS) is 33.4. The fourth-order valence-corrected chi connectivity index (χ4v) is 4.82. The van der Waals surface area contributed by atoms with Crippen LogP contribution < -0.4 is 5.73 Å². The summed E-state index contributed by atoms with van der Waals surface area (Å²) in [7, 11) is 0. The standard InChI is InChI=1S/C12H26NO3PS/c1-8(2)10-5-4-9(3)6-11(10)12(14,7-13)17(15,16)18/h8-11,14H,4-7,13H2,1-3H3,(H2,15,16,18). The topological polar surface area (TPSA) is 86.7 Å². The molecule has 0 amide bonds. The second-order valence-electron chi connectivity index (χ2n) is 6.06. The van der Waals surface area contributed by atoms with Crippen LogP contribution in [0.25, 0.3) is 0 Å². The van der Waals surface area contributed by atoms with Crippen molar-refractivity contribution in [2.45, 2.75) is 45.4 Å². The number of hydrogen-bond donors (Lipinski definition) is 4. The molecule has 0 aromatic heterocycles. The van der Waals surface area contributed by atoms with Gasteiger partial charge in [-0.25, -0.2) is 0 Å². The van der Waals surface area contributed by atoms with Gasteiger partial charge in [0.1, 0.15) is 0 Å². The first kappa shape index (κ1) is 16.5. The lowest BCUT2D eigenvalue weighted by atomic mass is 9.68. The molecule has 1 saturated carbocycles. The molecule has 4 unspecified atom stereocenters. The van der Waals surface area contributed by atoms with Crippen molar-refractivity contribution in [2.75, 3.05) is 6.54 Å². The molecule has 4 nitrogen and oxygen atoms in total. The first-order valence-corrected chi connectivity index (χ1v) is 9.32. The van der Waals surface area contributed by atoms with Gasteiger partial charge in [0, 0.05) is 12.5 Å². The minimum atomic E-state index is -3.80. The number of rotatable bonds is 4. The number of hydrogen-bond acceptors (Lipinski definition) is 3. The van der Waals surface area contributed by atoms with Gasteiger partial charge in [-0.3, -0.25) is 0 Å². The molecule has 0 aromatic rings. The van der Waals surface area contributed by atoms with Crippen molar-refractivity contribution in [2.24, 2.45) is 29.4 Å². The van der Waals surface area contributed by atoms with Crippen LogP contribution >= 0.6 is 6.49 Å². The quantitative estimate of drug-likeness (QED) is 0.592. The molecule has 1 fully saturated rings. The van der Waals surface area contributed by atoms with Gasteiger partial charge in [0.25, 0.3) is 0 Å². The highest BCUT2D eigenvalue weighted by atomic mass is 32.5. The molecule has 0 radical (unpaired) electrons. The van der Waals surface area contributed by atoms with Crippen molar-refractivity contribution < 1.29 is 14.9 Å². The van der Waals surface area contributed by atoms with Crippen molar-refractivity contribution in [3.63, 3.8) is 0 Å². The molecule has 0 aliphatic heterocycles. The first-order chi connectivity index (χ1) is 8.13. The SMILES string of the molecule is CC1CCC(C(C)C)C(C(O)(CN)P(O)(O)=S)C1. The Kier molecular flexibility index (Phi) is 5.39. The molecule has 1 aliphatic carbocycles. The summed E-state index contributed by atoms with van der Waals surface area (Å²) >= 11 is 4.77. The molecule has 0 aromatic carbocycles. The average molecular weight is 295 g/mol. The van der Waals surface area contributed by atoms with E-state index in [1.807, 2.05) is 0 Å². The Hall–Kier alpha value is 0.490. The summed E-state index contributed by atoms with van der Waals surface area (Å²) in [6, 6.07) is 0. The molecule has 0 saturated heterocycles. The van der Waals surface area contributed by atoms with E-state index in [1.54, 1.807) is 0 Å². The van der Waals surface area contributed by atoms with Crippen LogP contribution in [0, 0.1) is 23.7 Å². The zero-order valence-electron chi connectivity index (χ0n) is 11.4. The molecule has 108 valence electrons. The van der Waals surface area contributed by atoms with E-state index in [1.165, 1.54) is 0 Å². The third kappa shape index (κ3) is 3.14. The fourth-order valence-electron chi connectivity index (χ4n) is 3.22. The van der Waals surface area contributed by atoms with Gasteiger partial charge in [0.05, 0.1) is 0 Å². The molecule has 0 bridgehead atoms. The predicted molar refractivity (Wildman–Crippen MR) is 77.6 cm³/mol. The van der Waals surface area contributed by atoms with Gasteiger partial charge in [-0.05, 0) is 42.4 Å². The summed E-state index contributed by atoms with van der Waals surface area (Å²) in [5.41, 5.74) is 5.62. The molecule has 1 aliphatic rings. The summed E-state index contributed by atoms with van der Waals surface area (Å²) in [6.45, 7) is 2.35. The maximum atomic E-state index is 10.6. The highest BCUT2D eigenvalue weighted by molar-refractivity contribution is 8.09. The minimum absolute atomic E-state index is 0.183. The average Bonchev–Trinajstić information content (AvgIpc) is 2.25. The molecule has 0 spiro atoms. The lowest BCUT2D eigenvalue weighted by Gasteiger charge is -2.47. The third-order valence-electron chi connectivity index (χ3n) is 4.42. The molecule has 1 rings (SSSR count). The van der Waals surface area contributed by atoms with Gasteiger partial charge in [0.2, 0.25) is 6.49 Å². The van der Waals surface area contributed by atoms with Crippen molar-refractivity contribution in [1.29, 1.82) is 0 Å². The van der Waals surface area contributed by atoms with Crippen molar-refractivity contribution in [3.8, 4) is 0 Å². The lowest BCUT2D eigenvalue weighted by Crippen LogP contribution is -2.50. The predicted octanol–water partition coefficient (Wildman–Crippen LogP) is 1.64. The van der Waals surface area contributed by atoms with Crippen molar-refractivity contribution >= 4 is 18.3 Å². The van der Waals surface area contributed by atoms with Crippen LogP contribution in [0.15, 0.2) is 0 Å². The van der Waals surface area contributed by atoms with E-state index < -0.39 is 11.8 Å². The van der Waals surface area contributed by atoms with Crippen molar-refractivity contribution in [1.82, 2.24) is 0 Å². The third-order valence-corrected chi connectivity index (χ3v) is 6.89. The summed E-state index contributed by atoms with van der Waals surface area (Å²) in [5.74, 6) is 0.871. The largest absolute Gasteiger partial charge is 0.378 e. The Morgan fingerprint density at radius 2 is 1.94 bits per heavy atom. The summed E-state index contributed by atoms with van der Waals surface area (Å²) in [6.07, 6.45) is 2.86. The van der Waals surface area contributed by atoms with E-state index in [-0.39, 0.29) is 18.4 Å². The molecule has 18 heavy (non-hydrogen) atoms. The van der Waals surface area contributed by atoms with Crippen LogP contribution in [0.2, 0.25) is 0 Å². The van der Waals surface area contributed by atoms with Crippen LogP contribution in [0.3, 0.4) is 0 Å². The Labute approximate surface area is 115 Å². The monoisotopic (exact) mass is 295 g/mol. The summed E-state index contributed by atoms with van der Waals surface area (Å²) in [5, 5.41) is 8.94. The zero-order chi connectivity index (χ0) is 14.1. The molecule has 6 heteroatoms. The molecule has 4 atom stereocenters. The maximum Gasteiger partial charge on any atom is 0.216 e. The fraction of sp³-hybridized carbons (Fsp3) is 1.00. The highest BCUT2D eigenvalue weighted by Gasteiger charge is 2.51. The number of aliphatic hydroxyl groups is 1. The Morgan fingerprint density at radius 1 is 1.39 bits per heavy atom. The van der Waals surface area contributed by atoms with Gasteiger partial charge in [-0.1, -0.05) is 27.2 Å². The van der Waals surface area contributed by atoms with Gasteiger partial charge in [-0.15, -0.1) is 0 Å². The van der Waals surface area contributed by atoms with E-state index in [0.717, 1.165) is 19.3 Å². The van der Waals surface area contributed by atoms with E-state index in [2.05, 4.69) is 20.8 Å². The zero-order valence-corrected chi connectivity index (χ0v) is 13.1. The van der Waals surface area contributed by atoms with Crippen molar-refractivity contribution in [3.05, 3.63) is 0 Å². The van der Waals surface area contributed by atoms with Gasteiger partial charge in [0.15, 0.2) is 5.34 Å². The van der Waals surface area contributed by atoms with Gasteiger partial charge >= 0.3 is 0 Å². The number of nitrogens with two attached hydrogens (primary N) is 1. The van der Waals surface area contributed by atoms with E-state index in [4.69, 9.17) is 17.5 Å². The van der Waals surface area contributed by atoms with E-state index >= 15 is 0 Å². The summed E-state index contributed by atoms with van der Waals surface area (Å²) < 4.78 is 0. The van der Waals surface area contributed by atoms with Gasteiger partial charge < -0.3 is 20.6 Å². The minimum Gasteiger partial charge on any atom is -0.378 e. The van der Waals surface area contributed by atoms with Crippen LogP contribution in [-0.2, 0) is 11.8 Å². The second-order valence-corrected chi connectivity index (χ2v) is 9.45. The smallest absolute Gasteiger partial charge is 0.216 e. The van der Waals surface area contributed by atoms with Crippen LogP contribution in [0.5, 0.6) is 0 Å². The van der Waals surface area contributed by atoms with E-state index in [0.29, 0.717) is 11.8 Å². The van der Waals surface area contributed by atoms with Crippen LogP contribution in [0.4, 0.5) is 0 Å². The molecular formula is C12H26NO3PS. The molecule has 0 heterocycles. The molecule has 5 N–H and O–H groups in total. The summed E-state index contributed by atoms with van der Waals surface area (Å²) in [4.78, 5) is 19.7.